The van der Waals surface area contributed by atoms with Crippen molar-refractivity contribution >= 4 is 47.3 Å². The second-order valence-corrected chi connectivity index (χ2v) is 9.61. The van der Waals surface area contributed by atoms with E-state index in [9.17, 15) is 38.4 Å². The SMILES string of the molecule is CC(=O)N[C@@H](Cc1ccccc1)C(=O)N[C@@H](CCC(=O)O)C(=O)N[C@@H](CCC(N)=O)C(=O)N[C@@H](CCC(=O)O)C(C)=O. The largest absolute Gasteiger partial charge is 0.481 e. The number of primary amides is 1. The van der Waals surface area contributed by atoms with E-state index in [1.807, 2.05) is 0 Å². The summed E-state index contributed by atoms with van der Waals surface area (Å²) in [4.78, 5) is 96.6. The quantitative estimate of drug-likeness (QED) is 0.101. The molecular weight excluding hydrogens is 554 g/mol. The number of Topliss-reactive ketones (excluding diaryl/α,β-unsaturated/α-hetero) is 1. The molecule has 42 heavy (non-hydrogen) atoms. The summed E-state index contributed by atoms with van der Waals surface area (Å²) in [6.45, 7) is 2.34. The van der Waals surface area contributed by atoms with Gasteiger partial charge < -0.3 is 37.2 Å². The van der Waals surface area contributed by atoms with Crippen LogP contribution in [0.4, 0.5) is 0 Å². The molecule has 0 saturated heterocycles. The Labute approximate surface area is 242 Å². The van der Waals surface area contributed by atoms with Crippen LogP contribution in [0.5, 0.6) is 0 Å². The molecule has 230 valence electrons. The molecule has 0 saturated carbocycles. The van der Waals surface area contributed by atoms with Gasteiger partial charge in [-0.25, -0.2) is 0 Å². The number of carbonyl (C=O) groups is 8. The number of benzene rings is 1. The van der Waals surface area contributed by atoms with Gasteiger partial charge >= 0.3 is 11.9 Å². The fourth-order valence-corrected chi connectivity index (χ4v) is 3.86. The Morgan fingerprint density at radius 2 is 1.07 bits per heavy atom. The van der Waals surface area contributed by atoms with Gasteiger partial charge in [0.25, 0.3) is 0 Å². The third-order valence-corrected chi connectivity index (χ3v) is 6.02. The number of rotatable bonds is 19. The Kier molecular flexibility index (Phi) is 14.9. The van der Waals surface area contributed by atoms with Gasteiger partial charge in [-0.2, -0.15) is 0 Å². The third kappa shape index (κ3) is 14.0. The molecule has 0 heterocycles. The van der Waals surface area contributed by atoms with E-state index in [1.165, 1.54) is 6.92 Å². The Balaban J connectivity index is 3.17. The van der Waals surface area contributed by atoms with Crippen molar-refractivity contribution in [1.29, 1.82) is 0 Å². The Bertz CT molecular complexity index is 1160. The van der Waals surface area contributed by atoms with Gasteiger partial charge in [-0.1, -0.05) is 30.3 Å². The molecule has 0 spiro atoms. The molecule has 0 aliphatic heterocycles. The number of carbonyl (C=O) groups excluding carboxylic acids is 6. The highest BCUT2D eigenvalue weighted by Crippen LogP contribution is 2.08. The van der Waals surface area contributed by atoms with E-state index in [0.29, 0.717) is 5.56 Å². The van der Waals surface area contributed by atoms with Crippen LogP contribution in [0.1, 0.15) is 57.9 Å². The number of nitrogens with one attached hydrogen (secondary N) is 4. The van der Waals surface area contributed by atoms with Crippen LogP contribution in [0.15, 0.2) is 30.3 Å². The van der Waals surface area contributed by atoms with Gasteiger partial charge in [0.05, 0.1) is 6.04 Å². The fraction of sp³-hybridized carbons (Fsp3) is 0.481. The predicted octanol–water partition coefficient (Wildman–Crippen LogP) is -1.23. The lowest BCUT2D eigenvalue weighted by molar-refractivity contribution is -0.138. The average molecular weight is 592 g/mol. The minimum Gasteiger partial charge on any atom is -0.481 e. The normalized spacial score (nSPS) is 13.4. The van der Waals surface area contributed by atoms with Crippen LogP contribution < -0.4 is 27.0 Å². The van der Waals surface area contributed by atoms with Gasteiger partial charge in [0.1, 0.15) is 18.1 Å². The minimum absolute atomic E-state index is 0.0615. The van der Waals surface area contributed by atoms with Crippen LogP contribution in [0.25, 0.3) is 0 Å². The number of nitrogens with two attached hydrogens (primary N) is 1. The van der Waals surface area contributed by atoms with Crippen molar-refractivity contribution in [2.45, 2.75) is 83.0 Å². The first-order valence-electron chi connectivity index (χ1n) is 13.1. The lowest BCUT2D eigenvalue weighted by atomic mass is 10.0. The highest BCUT2D eigenvalue weighted by atomic mass is 16.4. The molecule has 1 aromatic carbocycles. The van der Waals surface area contributed by atoms with E-state index in [4.69, 9.17) is 15.9 Å². The first-order chi connectivity index (χ1) is 19.7. The summed E-state index contributed by atoms with van der Waals surface area (Å²) in [7, 11) is 0. The first-order valence-corrected chi connectivity index (χ1v) is 13.1. The van der Waals surface area contributed by atoms with Gasteiger partial charge in [0, 0.05) is 32.6 Å². The summed E-state index contributed by atoms with van der Waals surface area (Å²) >= 11 is 0. The smallest absolute Gasteiger partial charge is 0.303 e. The zero-order valence-corrected chi connectivity index (χ0v) is 23.4. The summed E-state index contributed by atoms with van der Waals surface area (Å²) in [6, 6.07) is 3.45. The number of ketones is 1. The van der Waals surface area contributed by atoms with Crippen molar-refractivity contribution in [3.8, 4) is 0 Å². The molecule has 0 unspecified atom stereocenters. The predicted molar refractivity (Wildman–Crippen MR) is 146 cm³/mol. The molecule has 0 radical (unpaired) electrons. The molecule has 0 aliphatic rings. The van der Waals surface area contributed by atoms with Crippen molar-refractivity contribution < 1.29 is 48.6 Å². The highest BCUT2D eigenvalue weighted by molar-refractivity contribution is 5.96. The summed E-state index contributed by atoms with van der Waals surface area (Å²) in [5.41, 5.74) is 5.88. The Hall–Kier alpha value is -4.82. The molecule has 1 aromatic rings. The molecule has 0 fully saturated rings. The van der Waals surface area contributed by atoms with E-state index in [0.717, 1.165) is 6.92 Å². The highest BCUT2D eigenvalue weighted by Gasteiger charge is 2.31. The van der Waals surface area contributed by atoms with Gasteiger partial charge in [0.15, 0.2) is 5.78 Å². The molecule has 8 N–H and O–H groups in total. The van der Waals surface area contributed by atoms with Crippen molar-refractivity contribution in [3.63, 3.8) is 0 Å². The first kappa shape index (κ1) is 35.2. The standard InChI is InChI=1S/C27H37N5O10/c1-15(33)18(9-12-23(36)37)30-25(40)19(8-11-22(28)35)31-26(41)20(10-13-24(38)39)32-27(42)21(29-16(2)34)14-17-6-4-3-5-7-17/h3-7,18-21H,8-14H2,1-2H3,(H2,28,35)(H,29,34)(H,30,40)(H,31,41)(H,32,42)(H,36,37)(H,38,39)/t18-,19-,20-,21-/m0/s1. The van der Waals surface area contributed by atoms with Crippen LogP contribution in [0, 0.1) is 0 Å². The van der Waals surface area contributed by atoms with Gasteiger partial charge in [-0.3, -0.25) is 38.4 Å². The molecule has 0 aliphatic carbocycles. The van der Waals surface area contributed by atoms with Crippen molar-refractivity contribution in [2.75, 3.05) is 0 Å². The maximum atomic E-state index is 13.2. The number of carboxylic acids is 2. The zero-order chi connectivity index (χ0) is 31.8. The molecule has 15 nitrogen and oxygen atoms in total. The van der Waals surface area contributed by atoms with E-state index in [-0.39, 0.29) is 32.1 Å². The zero-order valence-electron chi connectivity index (χ0n) is 23.4. The van der Waals surface area contributed by atoms with Gasteiger partial charge in [-0.15, -0.1) is 0 Å². The number of amides is 5. The summed E-state index contributed by atoms with van der Waals surface area (Å²) < 4.78 is 0. The number of hydrogen-bond acceptors (Lipinski definition) is 8. The molecule has 15 heteroatoms. The van der Waals surface area contributed by atoms with Crippen molar-refractivity contribution in [1.82, 2.24) is 21.3 Å². The number of aliphatic carboxylic acids is 2. The second-order valence-electron chi connectivity index (χ2n) is 9.61. The molecular formula is C27H37N5O10. The van der Waals surface area contributed by atoms with Crippen LogP contribution in [0.3, 0.4) is 0 Å². The van der Waals surface area contributed by atoms with Gasteiger partial charge in [-0.05, 0) is 31.7 Å². The van der Waals surface area contributed by atoms with Crippen LogP contribution in [-0.2, 0) is 44.8 Å². The topological polar surface area (TPSA) is 251 Å². The maximum absolute atomic E-state index is 13.2. The average Bonchev–Trinajstić information content (AvgIpc) is 2.90. The summed E-state index contributed by atoms with van der Waals surface area (Å²) in [6.07, 6.45) is -2.18. The van der Waals surface area contributed by atoms with Crippen LogP contribution in [-0.4, -0.2) is 81.6 Å². The van der Waals surface area contributed by atoms with Crippen molar-refractivity contribution in [3.05, 3.63) is 35.9 Å². The van der Waals surface area contributed by atoms with Crippen molar-refractivity contribution in [2.24, 2.45) is 5.73 Å². The number of hydrogen-bond donors (Lipinski definition) is 7. The molecule has 0 bridgehead atoms. The fourth-order valence-electron chi connectivity index (χ4n) is 3.86. The maximum Gasteiger partial charge on any atom is 0.303 e. The molecule has 5 amide bonds. The van der Waals surface area contributed by atoms with E-state index in [1.54, 1.807) is 30.3 Å². The molecule has 0 aromatic heterocycles. The van der Waals surface area contributed by atoms with Crippen LogP contribution in [0.2, 0.25) is 0 Å². The van der Waals surface area contributed by atoms with E-state index in [2.05, 4.69) is 21.3 Å². The van der Waals surface area contributed by atoms with Crippen LogP contribution >= 0.6 is 0 Å². The van der Waals surface area contributed by atoms with Gasteiger partial charge in [0.2, 0.25) is 29.5 Å². The van der Waals surface area contributed by atoms with E-state index >= 15 is 0 Å². The monoisotopic (exact) mass is 591 g/mol. The Morgan fingerprint density at radius 3 is 1.50 bits per heavy atom. The minimum atomic E-state index is -1.47. The van der Waals surface area contributed by atoms with E-state index < -0.39 is 84.3 Å². The molecule has 1 rings (SSSR count). The number of carboxylic acid groups (broad SMARTS) is 2. The summed E-state index contributed by atoms with van der Waals surface area (Å²) in [5, 5.41) is 27.7. The molecule has 4 atom stereocenters. The third-order valence-electron chi connectivity index (χ3n) is 6.02. The lowest BCUT2D eigenvalue weighted by Crippen LogP contribution is -2.58. The second kappa shape index (κ2) is 17.8. The lowest BCUT2D eigenvalue weighted by Gasteiger charge is -2.26. The summed E-state index contributed by atoms with van der Waals surface area (Å²) in [5.74, 6) is -7.01. The Morgan fingerprint density at radius 1 is 0.643 bits per heavy atom.